The van der Waals surface area contributed by atoms with Crippen LogP contribution in [0.25, 0.3) is 0 Å². The molecule has 0 aliphatic heterocycles. The van der Waals surface area contributed by atoms with Crippen LogP contribution in [0.1, 0.15) is 395 Å². The maximum absolute atomic E-state index is 13.1. The van der Waals surface area contributed by atoms with Crippen LogP contribution in [-0.2, 0) is 65.4 Å². The van der Waals surface area contributed by atoms with E-state index in [1.54, 1.807) is 0 Å². The smallest absolute Gasteiger partial charge is 0.462 e. The van der Waals surface area contributed by atoms with Crippen LogP contribution in [0.3, 0.4) is 0 Å². The van der Waals surface area contributed by atoms with Gasteiger partial charge in [-0.1, -0.05) is 342 Å². The van der Waals surface area contributed by atoms with Crippen molar-refractivity contribution in [2.45, 2.75) is 413 Å². The fourth-order valence-corrected chi connectivity index (χ4v) is 13.4. The quantitative estimate of drug-likeness (QED) is 0.0169. The Morgan fingerprint density at radius 2 is 0.596 bits per heavy atom. The zero-order valence-corrected chi connectivity index (χ0v) is 66.1. The molecule has 6 atom stereocenters. The Bertz CT molecular complexity index is 2000. The van der Waals surface area contributed by atoms with E-state index < -0.39 is 97.5 Å². The van der Waals surface area contributed by atoms with Crippen molar-refractivity contribution in [2.75, 3.05) is 39.6 Å². The van der Waals surface area contributed by atoms with Gasteiger partial charge in [-0.05, 0) is 63.2 Å². The van der Waals surface area contributed by atoms with Crippen LogP contribution in [0.5, 0.6) is 0 Å². The number of allylic oxidation sites excluding steroid dienone is 4. The fourth-order valence-electron chi connectivity index (χ4n) is 11.8. The zero-order chi connectivity index (χ0) is 72.8. The standard InChI is InChI=1S/C80H152O17P2/c1-7-10-12-14-16-18-20-21-26-30-34-38-45-51-57-63-78(83)91-68-75(96-79(84)64-58-52-46-39-35-31-28-25-23-22-24-27-29-33-36-43-49-55-61-73(6)9-3)70-94-98(86,87)92-66-74(81)67-93-99(88,89)95-71-76(97-80(85)65-59-53-47-41-40-42-48-54-60-72(4)5)69-90-77(82)62-56-50-44-37-32-19-17-15-13-11-8-2/h18,20-21,26,72-76,81H,7-17,19,22-25,27-71H2,1-6H3,(H,86,87)(H,88,89)/b20-18-,26-21-/t73?,74-,75-,76-/m1/s1. The molecule has 0 spiro atoms. The molecule has 0 heterocycles. The van der Waals surface area contributed by atoms with Crippen molar-refractivity contribution in [1.29, 1.82) is 0 Å². The highest BCUT2D eigenvalue weighted by atomic mass is 31.2. The van der Waals surface area contributed by atoms with Crippen molar-refractivity contribution in [1.82, 2.24) is 0 Å². The first-order chi connectivity index (χ1) is 47.9. The van der Waals surface area contributed by atoms with Crippen LogP contribution >= 0.6 is 15.6 Å². The van der Waals surface area contributed by atoms with E-state index in [0.29, 0.717) is 31.6 Å². The topological polar surface area (TPSA) is 237 Å². The molecule has 19 heteroatoms. The number of carbonyl (C=O) groups excluding carboxylic acids is 4. The van der Waals surface area contributed by atoms with Crippen molar-refractivity contribution >= 4 is 39.5 Å². The molecule has 0 radical (unpaired) electrons. The number of phosphoric ester groups is 2. The van der Waals surface area contributed by atoms with E-state index in [4.69, 9.17) is 37.0 Å². The number of ether oxygens (including phenoxy) is 4. The Labute approximate surface area is 605 Å². The van der Waals surface area contributed by atoms with E-state index in [0.717, 1.165) is 115 Å². The minimum absolute atomic E-state index is 0.101. The predicted octanol–water partition coefficient (Wildman–Crippen LogP) is 23.4. The van der Waals surface area contributed by atoms with Crippen molar-refractivity contribution in [3.63, 3.8) is 0 Å². The summed E-state index contributed by atoms with van der Waals surface area (Å²) in [4.78, 5) is 72.9. The first kappa shape index (κ1) is 96.5. The first-order valence-corrected chi connectivity index (χ1v) is 43.8. The molecule has 0 rings (SSSR count). The fraction of sp³-hybridized carbons (Fsp3) is 0.900. The number of unbranched alkanes of at least 4 members (excludes halogenated alkanes) is 43. The Kier molecular flexibility index (Phi) is 69.4. The number of aliphatic hydroxyl groups excluding tert-OH is 1. The maximum Gasteiger partial charge on any atom is 0.472 e. The normalized spacial score (nSPS) is 14.4. The number of carbonyl (C=O) groups is 4. The minimum atomic E-state index is -4.97. The molecule has 0 aromatic heterocycles. The molecule has 0 saturated carbocycles. The third-order valence-corrected chi connectivity index (χ3v) is 20.3. The van der Waals surface area contributed by atoms with Crippen molar-refractivity contribution in [3.05, 3.63) is 24.3 Å². The number of hydrogen-bond donors (Lipinski definition) is 3. The lowest BCUT2D eigenvalue weighted by atomic mass is 9.99. The van der Waals surface area contributed by atoms with Gasteiger partial charge in [0.2, 0.25) is 0 Å². The molecular weight excluding hydrogens is 1290 g/mol. The van der Waals surface area contributed by atoms with Gasteiger partial charge in [0.05, 0.1) is 26.4 Å². The van der Waals surface area contributed by atoms with Gasteiger partial charge in [0.1, 0.15) is 19.3 Å². The van der Waals surface area contributed by atoms with Gasteiger partial charge in [-0.25, -0.2) is 9.13 Å². The molecule has 17 nitrogen and oxygen atoms in total. The van der Waals surface area contributed by atoms with E-state index in [9.17, 15) is 43.2 Å². The van der Waals surface area contributed by atoms with Crippen molar-refractivity contribution in [2.24, 2.45) is 11.8 Å². The van der Waals surface area contributed by atoms with Gasteiger partial charge in [-0.3, -0.25) is 37.3 Å². The summed E-state index contributed by atoms with van der Waals surface area (Å²) in [5, 5.41) is 10.6. The van der Waals surface area contributed by atoms with Gasteiger partial charge < -0.3 is 33.8 Å². The average molecular weight is 1450 g/mol. The molecule has 0 aliphatic rings. The molecule has 0 bridgehead atoms. The van der Waals surface area contributed by atoms with Gasteiger partial charge in [0, 0.05) is 25.7 Å². The molecule has 584 valence electrons. The van der Waals surface area contributed by atoms with Crippen molar-refractivity contribution < 1.29 is 80.2 Å². The average Bonchev–Trinajstić information content (AvgIpc) is 1.10. The predicted molar refractivity (Wildman–Crippen MR) is 404 cm³/mol. The number of rotatable bonds is 77. The van der Waals surface area contributed by atoms with Crippen LogP contribution in [-0.4, -0.2) is 96.7 Å². The molecule has 3 N–H and O–H groups in total. The van der Waals surface area contributed by atoms with E-state index in [2.05, 4.69) is 65.8 Å². The molecule has 0 aromatic carbocycles. The number of esters is 4. The molecule has 0 aromatic rings. The van der Waals surface area contributed by atoms with Crippen LogP contribution < -0.4 is 0 Å². The van der Waals surface area contributed by atoms with Gasteiger partial charge in [-0.2, -0.15) is 0 Å². The number of hydrogen-bond acceptors (Lipinski definition) is 15. The second-order valence-electron chi connectivity index (χ2n) is 28.8. The van der Waals surface area contributed by atoms with E-state index in [-0.39, 0.29) is 25.7 Å². The molecular formula is C80H152O17P2. The Morgan fingerprint density at radius 1 is 0.333 bits per heavy atom. The maximum atomic E-state index is 13.1. The monoisotopic (exact) mass is 1450 g/mol. The summed E-state index contributed by atoms with van der Waals surface area (Å²) in [5.74, 6) is -0.557. The van der Waals surface area contributed by atoms with Crippen LogP contribution in [0, 0.1) is 11.8 Å². The Balaban J connectivity index is 5.24. The van der Waals surface area contributed by atoms with Crippen LogP contribution in [0.4, 0.5) is 0 Å². The van der Waals surface area contributed by atoms with Crippen LogP contribution in [0.2, 0.25) is 0 Å². The molecule has 0 fully saturated rings. The molecule has 99 heavy (non-hydrogen) atoms. The second kappa shape index (κ2) is 71.2. The lowest BCUT2D eigenvalue weighted by Crippen LogP contribution is -2.30. The highest BCUT2D eigenvalue weighted by Gasteiger charge is 2.30. The highest BCUT2D eigenvalue weighted by Crippen LogP contribution is 2.45. The summed E-state index contributed by atoms with van der Waals surface area (Å²) < 4.78 is 68.6. The molecule has 0 aliphatic carbocycles. The SMILES string of the molecule is CCCCCC/C=C\C=C/CCCCCCCC(=O)OC[C@H](COP(=O)(O)OC[C@@H](O)COP(=O)(O)OC[C@@H](COC(=O)CCCCCCCCCCCCC)OC(=O)CCCCCCCCCCC(C)C)OC(=O)CCCCCCCCCCCCCCCCCCCCC(C)CC. The third kappa shape index (κ3) is 72.3. The molecule has 3 unspecified atom stereocenters. The summed E-state index contributed by atoms with van der Waals surface area (Å²) in [5.41, 5.74) is 0. The highest BCUT2D eigenvalue weighted by molar-refractivity contribution is 7.47. The van der Waals surface area contributed by atoms with Gasteiger partial charge >= 0.3 is 39.5 Å². The van der Waals surface area contributed by atoms with Crippen molar-refractivity contribution in [3.8, 4) is 0 Å². The summed E-state index contributed by atoms with van der Waals surface area (Å²) in [6.07, 6.45) is 63.3. The van der Waals surface area contributed by atoms with Gasteiger partial charge in [0.15, 0.2) is 12.2 Å². The third-order valence-electron chi connectivity index (χ3n) is 18.4. The molecule has 0 saturated heterocycles. The number of aliphatic hydroxyl groups is 1. The summed E-state index contributed by atoms with van der Waals surface area (Å²) in [6, 6.07) is 0. The van der Waals surface area contributed by atoms with Gasteiger partial charge in [-0.15, -0.1) is 0 Å². The Hall–Kier alpha value is -2.46. The largest absolute Gasteiger partial charge is 0.472 e. The first-order valence-electron chi connectivity index (χ1n) is 40.8. The summed E-state index contributed by atoms with van der Waals surface area (Å²) in [7, 11) is -9.93. The van der Waals surface area contributed by atoms with E-state index in [1.807, 2.05) is 0 Å². The van der Waals surface area contributed by atoms with E-state index in [1.165, 1.54) is 193 Å². The lowest BCUT2D eigenvalue weighted by molar-refractivity contribution is -0.161. The minimum Gasteiger partial charge on any atom is -0.462 e. The van der Waals surface area contributed by atoms with Gasteiger partial charge in [0.25, 0.3) is 0 Å². The number of phosphoric acid groups is 2. The van der Waals surface area contributed by atoms with Crippen LogP contribution in [0.15, 0.2) is 24.3 Å². The van der Waals surface area contributed by atoms with E-state index >= 15 is 0 Å². The second-order valence-corrected chi connectivity index (χ2v) is 31.7. The lowest BCUT2D eigenvalue weighted by Gasteiger charge is -2.21. The Morgan fingerprint density at radius 3 is 0.909 bits per heavy atom. The zero-order valence-electron chi connectivity index (χ0n) is 64.3. The summed E-state index contributed by atoms with van der Waals surface area (Å²) >= 11 is 0. The molecule has 0 amide bonds. The summed E-state index contributed by atoms with van der Waals surface area (Å²) in [6.45, 7) is 9.57.